The van der Waals surface area contributed by atoms with E-state index in [-0.39, 0.29) is 18.0 Å². The lowest BCUT2D eigenvalue weighted by molar-refractivity contribution is -0.121. The highest BCUT2D eigenvalue weighted by molar-refractivity contribution is 5.93. The highest BCUT2D eigenvalue weighted by Gasteiger charge is 2.21. The number of hydrogen-bond acceptors (Lipinski definition) is 4. The fraction of sp³-hybridized carbons (Fsp3) is 0.417. The third-order valence-electron chi connectivity index (χ3n) is 2.40. The Morgan fingerprint density at radius 2 is 2.17 bits per heavy atom. The van der Waals surface area contributed by atoms with Gasteiger partial charge in [0.05, 0.1) is 12.0 Å². The van der Waals surface area contributed by atoms with E-state index in [9.17, 15) is 9.59 Å². The molecule has 6 heteroatoms. The Balaban J connectivity index is 2.70. The van der Waals surface area contributed by atoms with Crippen molar-refractivity contribution in [2.75, 3.05) is 12.4 Å². The van der Waals surface area contributed by atoms with Gasteiger partial charge in [0, 0.05) is 19.0 Å². The third kappa shape index (κ3) is 4.14. The van der Waals surface area contributed by atoms with Crippen LogP contribution in [0.1, 0.15) is 30.8 Å². The number of nitrogens with zero attached hydrogens (tertiary/aromatic N) is 1. The van der Waals surface area contributed by atoms with E-state index in [0.29, 0.717) is 5.69 Å². The van der Waals surface area contributed by atoms with Crippen LogP contribution in [0.3, 0.4) is 0 Å². The molecule has 1 heterocycles. The molecular formula is C12H16N2O4. The molecule has 0 aliphatic heterocycles. The zero-order chi connectivity index (χ0) is 13.8. The number of aromatic nitrogens is 1. The Bertz CT molecular complexity index is 457. The van der Waals surface area contributed by atoms with Gasteiger partial charge < -0.3 is 15.2 Å². The van der Waals surface area contributed by atoms with Gasteiger partial charge in [-0.1, -0.05) is 0 Å². The summed E-state index contributed by atoms with van der Waals surface area (Å²) in [5.41, 5.74) is -0.273. The number of hydrogen-bond donors (Lipinski definition) is 2. The topological polar surface area (TPSA) is 88.5 Å². The number of carbonyl (C=O) groups is 2. The van der Waals surface area contributed by atoms with Gasteiger partial charge in [-0.3, -0.25) is 4.79 Å². The minimum atomic E-state index is -1.14. The van der Waals surface area contributed by atoms with Crippen molar-refractivity contribution in [3.05, 3.63) is 24.0 Å². The van der Waals surface area contributed by atoms with Crippen molar-refractivity contribution in [1.29, 1.82) is 0 Å². The molecule has 0 radical (unpaired) electrons. The summed E-state index contributed by atoms with van der Waals surface area (Å²) in [7, 11) is 1.53. The molecule has 0 spiro atoms. The molecule has 1 aromatic heterocycles. The highest BCUT2D eigenvalue weighted by Crippen LogP contribution is 2.15. The quantitative estimate of drug-likeness (QED) is 0.829. The van der Waals surface area contributed by atoms with Crippen LogP contribution in [-0.2, 0) is 9.53 Å². The standard InChI is InChI=1S/C12H16N2O4/c1-12(2,18-3)7-10(15)14-8-4-5-13-9(6-8)11(16)17/h4-6H,7H2,1-3H3,(H,16,17)(H,13,14,15). The molecule has 18 heavy (non-hydrogen) atoms. The molecule has 0 aromatic carbocycles. The van der Waals surface area contributed by atoms with Gasteiger partial charge in [-0.05, 0) is 26.0 Å². The van der Waals surface area contributed by atoms with Crippen LogP contribution in [0.2, 0.25) is 0 Å². The van der Waals surface area contributed by atoms with Gasteiger partial charge in [0.1, 0.15) is 5.69 Å². The highest BCUT2D eigenvalue weighted by atomic mass is 16.5. The number of aromatic carboxylic acids is 1. The van der Waals surface area contributed by atoms with Crippen molar-refractivity contribution in [2.45, 2.75) is 25.9 Å². The maximum atomic E-state index is 11.7. The van der Waals surface area contributed by atoms with Gasteiger partial charge in [-0.15, -0.1) is 0 Å². The second-order valence-electron chi connectivity index (χ2n) is 4.42. The van der Waals surface area contributed by atoms with Crippen LogP contribution < -0.4 is 5.32 Å². The summed E-state index contributed by atoms with van der Waals surface area (Å²) in [6.45, 7) is 3.59. The normalized spacial score (nSPS) is 11.1. The molecule has 2 N–H and O–H groups in total. The first-order valence-electron chi connectivity index (χ1n) is 5.38. The number of anilines is 1. The summed E-state index contributed by atoms with van der Waals surface area (Å²) in [4.78, 5) is 26.1. The summed E-state index contributed by atoms with van der Waals surface area (Å²) >= 11 is 0. The van der Waals surface area contributed by atoms with Crippen molar-refractivity contribution >= 4 is 17.6 Å². The summed E-state index contributed by atoms with van der Waals surface area (Å²) in [5.74, 6) is -1.38. The number of carboxylic acids is 1. The number of carbonyl (C=O) groups excluding carboxylic acids is 1. The Morgan fingerprint density at radius 1 is 1.50 bits per heavy atom. The maximum Gasteiger partial charge on any atom is 0.354 e. The van der Waals surface area contributed by atoms with Gasteiger partial charge in [-0.2, -0.15) is 0 Å². The van der Waals surface area contributed by atoms with Crippen molar-refractivity contribution in [2.24, 2.45) is 0 Å². The Kier molecular flexibility index (Phi) is 4.38. The lowest BCUT2D eigenvalue weighted by atomic mass is 10.0. The minimum Gasteiger partial charge on any atom is -0.477 e. The van der Waals surface area contributed by atoms with E-state index >= 15 is 0 Å². The van der Waals surface area contributed by atoms with E-state index in [1.165, 1.54) is 25.4 Å². The first kappa shape index (κ1) is 14.1. The average molecular weight is 252 g/mol. The summed E-state index contributed by atoms with van der Waals surface area (Å²) in [6.07, 6.45) is 1.51. The van der Waals surface area contributed by atoms with E-state index in [1.54, 1.807) is 13.8 Å². The zero-order valence-corrected chi connectivity index (χ0v) is 10.6. The largest absolute Gasteiger partial charge is 0.477 e. The summed E-state index contributed by atoms with van der Waals surface area (Å²) in [6, 6.07) is 2.84. The van der Waals surface area contributed by atoms with E-state index in [0.717, 1.165) is 0 Å². The fourth-order valence-corrected chi connectivity index (χ4v) is 1.29. The summed E-state index contributed by atoms with van der Waals surface area (Å²) in [5, 5.41) is 11.4. The fourth-order valence-electron chi connectivity index (χ4n) is 1.29. The van der Waals surface area contributed by atoms with Crippen molar-refractivity contribution in [3.63, 3.8) is 0 Å². The average Bonchev–Trinajstić information content (AvgIpc) is 2.28. The van der Waals surface area contributed by atoms with Crippen LogP contribution in [0.25, 0.3) is 0 Å². The molecule has 0 saturated carbocycles. The van der Waals surface area contributed by atoms with Gasteiger partial charge in [0.25, 0.3) is 0 Å². The molecule has 1 aromatic rings. The number of amides is 1. The van der Waals surface area contributed by atoms with Crippen LogP contribution in [0, 0.1) is 0 Å². The van der Waals surface area contributed by atoms with Gasteiger partial charge in [-0.25, -0.2) is 9.78 Å². The molecule has 1 amide bonds. The minimum absolute atomic E-state index is 0.112. The molecule has 0 unspecified atom stereocenters. The molecule has 6 nitrogen and oxygen atoms in total. The van der Waals surface area contributed by atoms with E-state index in [1.807, 2.05) is 0 Å². The summed E-state index contributed by atoms with van der Waals surface area (Å²) < 4.78 is 5.14. The number of nitrogens with one attached hydrogen (secondary N) is 1. The Labute approximate surface area is 105 Å². The second kappa shape index (κ2) is 5.59. The molecular weight excluding hydrogens is 236 g/mol. The van der Waals surface area contributed by atoms with Crippen molar-refractivity contribution in [1.82, 2.24) is 4.98 Å². The SMILES string of the molecule is COC(C)(C)CC(=O)Nc1ccnc(C(=O)O)c1. The lowest BCUT2D eigenvalue weighted by Gasteiger charge is -2.21. The third-order valence-corrected chi connectivity index (χ3v) is 2.40. The molecule has 98 valence electrons. The predicted molar refractivity (Wildman–Crippen MR) is 65.5 cm³/mol. The first-order chi connectivity index (χ1) is 8.34. The van der Waals surface area contributed by atoms with Crippen LogP contribution in [0.15, 0.2) is 18.3 Å². The number of rotatable bonds is 5. The van der Waals surface area contributed by atoms with E-state index in [4.69, 9.17) is 9.84 Å². The van der Waals surface area contributed by atoms with Gasteiger partial charge >= 0.3 is 5.97 Å². The Morgan fingerprint density at radius 3 is 2.72 bits per heavy atom. The zero-order valence-electron chi connectivity index (χ0n) is 10.6. The smallest absolute Gasteiger partial charge is 0.354 e. The number of methoxy groups -OCH3 is 1. The molecule has 0 saturated heterocycles. The monoisotopic (exact) mass is 252 g/mol. The molecule has 0 atom stereocenters. The van der Waals surface area contributed by atoms with Crippen molar-refractivity contribution in [3.8, 4) is 0 Å². The molecule has 0 aliphatic carbocycles. The molecule has 1 rings (SSSR count). The molecule has 0 bridgehead atoms. The molecule has 0 fully saturated rings. The van der Waals surface area contributed by atoms with Crippen LogP contribution in [0.4, 0.5) is 5.69 Å². The number of carboxylic acid groups (broad SMARTS) is 1. The predicted octanol–water partition coefficient (Wildman–Crippen LogP) is 1.53. The van der Waals surface area contributed by atoms with Gasteiger partial charge in [0.15, 0.2) is 0 Å². The van der Waals surface area contributed by atoms with Gasteiger partial charge in [0.2, 0.25) is 5.91 Å². The molecule has 0 aliphatic rings. The van der Waals surface area contributed by atoms with E-state index in [2.05, 4.69) is 10.3 Å². The Hall–Kier alpha value is -1.95. The maximum absolute atomic E-state index is 11.7. The lowest BCUT2D eigenvalue weighted by Crippen LogP contribution is -2.29. The van der Waals surface area contributed by atoms with Crippen molar-refractivity contribution < 1.29 is 19.4 Å². The second-order valence-corrected chi connectivity index (χ2v) is 4.42. The number of pyridine rings is 1. The first-order valence-corrected chi connectivity index (χ1v) is 5.38. The van der Waals surface area contributed by atoms with Crippen LogP contribution in [-0.4, -0.2) is 34.7 Å². The van der Waals surface area contributed by atoms with E-state index < -0.39 is 11.6 Å². The van der Waals surface area contributed by atoms with Crippen LogP contribution >= 0.6 is 0 Å². The number of ether oxygens (including phenoxy) is 1. The van der Waals surface area contributed by atoms with Crippen LogP contribution in [0.5, 0.6) is 0 Å².